The highest BCUT2D eigenvalue weighted by atomic mass is 16.5. The Labute approximate surface area is 154 Å². The number of benzene rings is 1. The summed E-state index contributed by atoms with van der Waals surface area (Å²) in [5.41, 5.74) is 2.00. The summed E-state index contributed by atoms with van der Waals surface area (Å²) < 4.78 is 10.7. The van der Waals surface area contributed by atoms with Crippen LogP contribution in [-0.4, -0.2) is 42.2 Å². The number of hydrogen-bond acceptors (Lipinski definition) is 5. The highest BCUT2D eigenvalue weighted by Gasteiger charge is 2.23. The number of methoxy groups -OCH3 is 2. The van der Waals surface area contributed by atoms with Crippen molar-refractivity contribution in [2.45, 2.75) is 38.6 Å². The summed E-state index contributed by atoms with van der Waals surface area (Å²) in [5.74, 6) is 2.58. The number of nitrogens with one attached hydrogen (secondary N) is 1. The fraction of sp³-hybridized carbons (Fsp3) is 0.500. The largest absolute Gasteiger partial charge is 0.493 e. The molecule has 140 valence electrons. The van der Waals surface area contributed by atoms with E-state index in [0.29, 0.717) is 0 Å². The van der Waals surface area contributed by atoms with Crippen LogP contribution in [0.2, 0.25) is 0 Å². The lowest BCUT2D eigenvalue weighted by Crippen LogP contribution is -2.35. The van der Waals surface area contributed by atoms with Crippen molar-refractivity contribution in [3.05, 3.63) is 51.7 Å². The van der Waals surface area contributed by atoms with E-state index >= 15 is 0 Å². The van der Waals surface area contributed by atoms with Gasteiger partial charge in [-0.05, 0) is 43.5 Å². The van der Waals surface area contributed by atoms with Gasteiger partial charge in [-0.3, -0.25) is 9.69 Å². The van der Waals surface area contributed by atoms with E-state index in [9.17, 15) is 4.79 Å². The van der Waals surface area contributed by atoms with Gasteiger partial charge in [-0.2, -0.15) is 0 Å². The van der Waals surface area contributed by atoms with Crippen LogP contribution in [0.15, 0.2) is 29.1 Å². The van der Waals surface area contributed by atoms with Crippen LogP contribution in [0.25, 0.3) is 0 Å². The number of rotatable bonds is 6. The first kappa shape index (κ1) is 18.5. The standard InChI is InChI=1S/C20H27N3O3/c1-4-16-11-19(24)22-20(21-16)15-6-5-9-23(13-15)12-14-7-8-17(25-2)18(10-14)26-3/h7-8,10-11,15H,4-6,9,12-13H2,1-3H3,(H,21,22,24). The molecule has 1 aromatic carbocycles. The molecule has 0 saturated carbocycles. The number of ether oxygens (including phenoxy) is 2. The smallest absolute Gasteiger partial charge is 0.251 e. The number of aromatic amines is 1. The predicted molar refractivity (Wildman–Crippen MR) is 101 cm³/mol. The molecule has 2 heterocycles. The lowest BCUT2D eigenvalue weighted by atomic mass is 9.96. The lowest BCUT2D eigenvalue weighted by molar-refractivity contribution is 0.196. The molecule has 1 N–H and O–H groups in total. The summed E-state index contributed by atoms with van der Waals surface area (Å²) in [6.07, 6.45) is 2.93. The minimum atomic E-state index is -0.0520. The number of piperidine rings is 1. The van der Waals surface area contributed by atoms with Crippen molar-refractivity contribution in [2.24, 2.45) is 0 Å². The van der Waals surface area contributed by atoms with E-state index in [1.54, 1.807) is 20.3 Å². The summed E-state index contributed by atoms with van der Waals surface area (Å²) in [5, 5.41) is 0. The molecule has 26 heavy (non-hydrogen) atoms. The van der Waals surface area contributed by atoms with Crippen LogP contribution in [0.3, 0.4) is 0 Å². The quantitative estimate of drug-likeness (QED) is 0.861. The Morgan fingerprint density at radius 3 is 2.77 bits per heavy atom. The summed E-state index contributed by atoms with van der Waals surface area (Å²) >= 11 is 0. The maximum atomic E-state index is 11.9. The maximum absolute atomic E-state index is 11.9. The number of hydrogen-bond donors (Lipinski definition) is 1. The number of likely N-dealkylation sites (tertiary alicyclic amines) is 1. The van der Waals surface area contributed by atoms with Crippen LogP contribution >= 0.6 is 0 Å². The molecular formula is C20H27N3O3. The molecular weight excluding hydrogens is 330 g/mol. The van der Waals surface area contributed by atoms with Gasteiger partial charge < -0.3 is 14.5 Å². The molecule has 0 radical (unpaired) electrons. The van der Waals surface area contributed by atoms with Crippen LogP contribution in [0, 0.1) is 0 Å². The minimum Gasteiger partial charge on any atom is -0.493 e. The van der Waals surface area contributed by atoms with Gasteiger partial charge in [0.2, 0.25) is 0 Å². The minimum absolute atomic E-state index is 0.0520. The van der Waals surface area contributed by atoms with Crippen molar-refractivity contribution in [3.8, 4) is 11.5 Å². The molecule has 0 aliphatic carbocycles. The summed E-state index contributed by atoms with van der Waals surface area (Å²) in [6, 6.07) is 7.64. The van der Waals surface area contributed by atoms with Crippen molar-refractivity contribution in [3.63, 3.8) is 0 Å². The van der Waals surface area contributed by atoms with Crippen LogP contribution in [0.1, 0.15) is 42.8 Å². The van der Waals surface area contributed by atoms with Gasteiger partial charge in [0, 0.05) is 30.8 Å². The molecule has 2 aromatic rings. The van der Waals surface area contributed by atoms with E-state index in [-0.39, 0.29) is 11.5 Å². The zero-order valence-electron chi connectivity index (χ0n) is 15.7. The van der Waals surface area contributed by atoms with Gasteiger partial charge in [-0.1, -0.05) is 13.0 Å². The molecule has 6 heteroatoms. The highest BCUT2D eigenvalue weighted by Crippen LogP contribution is 2.30. The molecule has 1 unspecified atom stereocenters. The van der Waals surface area contributed by atoms with Gasteiger partial charge in [-0.15, -0.1) is 0 Å². The summed E-state index contributed by atoms with van der Waals surface area (Å²) in [4.78, 5) is 21.9. The first-order chi connectivity index (χ1) is 12.6. The fourth-order valence-corrected chi connectivity index (χ4v) is 3.56. The van der Waals surface area contributed by atoms with Gasteiger partial charge in [0.15, 0.2) is 11.5 Å². The third-order valence-electron chi connectivity index (χ3n) is 4.92. The SMILES string of the molecule is CCc1cc(=O)[nH]c(C2CCCN(Cc3ccc(OC)c(OC)c3)C2)n1. The number of aryl methyl sites for hydroxylation is 1. The molecule has 3 rings (SSSR count). The molecule has 1 atom stereocenters. The third-order valence-corrected chi connectivity index (χ3v) is 4.92. The van der Waals surface area contributed by atoms with Crippen molar-refractivity contribution in [2.75, 3.05) is 27.3 Å². The first-order valence-corrected chi connectivity index (χ1v) is 9.16. The van der Waals surface area contributed by atoms with Gasteiger partial charge in [-0.25, -0.2) is 4.98 Å². The Bertz CT molecular complexity index is 803. The summed E-state index contributed by atoms with van der Waals surface area (Å²) in [7, 11) is 3.30. The van der Waals surface area contributed by atoms with Gasteiger partial charge >= 0.3 is 0 Å². The molecule has 0 bridgehead atoms. The average Bonchev–Trinajstić information content (AvgIpc) is 2.67. The topological polar surface area (TPSA) is 67.5 Å². The Morgan fingerprint density at radius 2 is 2.04 bits per heavy atom. The molecule has 0 amide bonds. The van der Waals surface area contributed by atoms with Crippen molar-refractivity contribution >= 4 is 0 Å². The van der Waals surface area contributed by atoms with Gasteiger partial charge in [0.25, 0.3) is 5.56 Å². The van der Waals surface area contributed by atoms with Crippen LogP contribution in [0.4, 0.5) is 0 Å². The normalized spacial score (nSPS) is 17.9. The Kier molecular flexibility index (Phi) is 5.93. The molecule has 1 aliphatic heterocycles. The zero-order chi connectivity index (χ0) is 18.5. The van der Waals surface area contributed by atoms with Crippen LogP contribution in [0.5, 0.6) is 11.5 Å². The number of aromatic nitrogens is 2. The van der Waals surface area contributed by atoms with E-state index in [4.69, 9.17) is 9.47 Å². The Hall–Kier alpha value is -2.34. The predicted octanol–water partition coefficient (Wildman–Crippen LogP) is 2.73. The van der Waals surface area contributed by atoms with E-state index in [2.05, 4.69) is 20.9 Å². The maximum Gasteiger partial charge on any atom is 0.251 e. The third kappa shape index (κ3) is 4.25. The molecule has 0 spiro atoms. The summed E-state index contributed by atoms with van der Waals surface area (Å²) in [6.45, 7) is 4.80. The highest BCUT2D eigenvalue weighted by molar-refractivity contribution is 5.42. The Balaban J connectivity index is 1.73. The van der Waals surface area contributed by atoms with Crippen LogP contribution < -0.4 is 15.0 Å². The molecule has 1 saturated heterocycles. The second kappa shape index (κ2) is 8.36. The molecule has 6 nitrogen and oxygen atoms in total. The Morgan fingerprint density at radius 1 is 1.23 bits per heavy atom. The van der Waals surface area contributed by atoms with Gasteiger partial charge in [0.1, 0.15) is 5.82 Å². The molecule has 1 aromatic heterocycles. The zero-order valence-corrected chi connectivity index (χ0v) is 15.7. The van der Waals surface area contributed by atoms with Crippen molar-refractivity contribution < 1.29 is 9.47 Å². The monoisotopic (exact) mass is 357 g/mol. The van der Waals surface area contributed by atoms with Gasteiger partial charge in [0.05, 0.1) is 14.2 Å². The van der Waals surface area contributed by atoms with Crippen molar-refractivity contribution in [1.29, 1.82) is 0 Å². The van der Waals surface area contributed by atoms with E-state index < -0.39 is 0 Å². The van der Waals surface area contributed by atoms with E-state index in [1.807, 2.05) is 19.1 Å². The lowest BCUT2D eigenvalue weighted by Gasteiger charge is -2.32. The average molecular weight is 357 g/mol. The van der Waals surface area contributed by atoms with Crippen molar-refractivity contribution in [1.82, 2.24) is 14.9 Å². The second-order valence-corrected chi connectivity index (χ2v) is 6.74. The van der Waals surface area contributed by atoms with E-state index in [1.165, 1.54) is 5.56 Å². The number of nitrogens with zero attached hydrogens (tertiary/aromatic N) is 2. The first-order valence-electron chi connectivity index (χ1n) is 9.16. The molecule has 1 aliphatic rings. The fourth-order valence-electron chi connectivity index (χ4n) is 3.56. The second-order valence-electron chi connectivity index (χ2n) is 6.74. The molecule has 1 fully saturated rings. The number of H-pyrrole nitrogens is 1. The van der Waals surface area contributed by atoms with Crippen LogP contribution in [-0.2, 0) is 13.0 Å². The van der Waals surface area contributed by atoms with E-state index in [0.717, 1.165) is 61.9 Å².